The van der Waals surface area contributed by atoms with Crippen LogP contribution in [0.1, 0.15) is 118 Å². The third kappa shape index (κ3) is 21.6. The molecule has 0 aromatic heterocycles. The third-order valence-electron chi connectivity index (χ3n) is 13.4. The van der Waals surface area contributed by atoms with Crippen LogP contribution in [-0.2, 0) is 59.2 Å². The Morgan fingerprint density at radius 3 is 1.96 bits per heavy atom. The van der Waals surface area contributed by atoms with E-state index < -0.39 is 126 Å². The molecule has 2 heterocycles. The molecular formula is C53H86N12O12S. The number of hydrogen-bond acceptors (Lipinski definition) is 15. The van der Waals surface area contributed by atoms with Crippen LogP contribution in [0.2, 0.25) is 0 Å². The number of hydrogen-bond donors (Lipinski definition) is 12. The summed E-state index contributed by atoms with van der Waals surface area (Å²) in [7, 11) is 0. The number of nitrogens with zero attached hydrogens (tertiary/aromatic N) is 1. The van der Waals surface area contributed by atoms with Crippen molar-refractivity contribution in [1.82, 2.24) is 52.8 Å². The molecule has 0 spiro atoms. The number of fused-ring (bicyclic) bond motifs is 1. The largest absolute Gasteiger partial charge is 0.394 e. The Balaban J connectivity index is 2.07. The maximum atomic E-state index is 14.5. The summed E-state index contributed by atoms with van der Waals surface area (Å²) in [4.78, 5) is 152. The molecule has 436 valence electrons. The summed E-state index contributed by atoms with van der Waals surface area (Å²) in [5.74, 6) is -8.25. The summed E-state index contributed by atoms with van der Waals surface area (Å²) in [6, 6.07) is -2.64. The van der Waals surface area contributed by atoms with E-state index in [4.69, 9.17) is 11.5 Å². The minimum absolute atomic E-state index is 0.0683. The molecule has 3 rings (SSSR count). The van der Waals surface area contributed by atoms with Gasteiger partial charge in [0.1, 0.15) is 60.2 Å². The number of unbranched alkanes of at least 4 members (excludes halogenated alkanes) is 2. The van der Waals surface area contributed by atoms with Crippen LogP contribution in [-0.4, -0.2) is 173 Å². The Bertz CT molecular complexity index is 2210. The Kier molecular flexibility index (Phi) is 28.2. The topological polar surface area (TPSA) is 372 Å². The summed E-state index contributed by atoms with van der Waals surface area (Å²) < 4.78 is 0. The van der Waals surface area contributed by atoms with E-state index in [9.17, 15) is 57.8 Å². The number of carbonyl (C=O) groups is 11. The second-order valence-electron chi connectivity index (χ2n) is 21.2. The molecule has 0 unspecified atom stereocenters. The van der Waals surface area contributed by atoms with Crippen molar-refractivity contribution in [1.29, 1.82) is 0 Å². The quantitative estimate of drug-likeness (QED) is 0.0649. The van der Waals surface area contributed by atoms with Crippen LogP contribution in [0.25, 0.3) is 0 Å². The Hall–Kier alpha value is -6.18. The Morgan fingerprint density at radius 1 is 0.744 bits per heavy atom. The molecule has 24 nitrogen and oxygen atoms in total. The molecule has 1 aromatic rings. The van der Waals surface area contributed by atoms with E-state index in [1.165, 1.54) is 18.7 Å². The van der Waals surface area contributed by atoms with Crippen LogP contribution >= 0.6 is 11.8 Å². The van der Waals surface area contributed by atoms with E-state index in [0.717, 1.165) is 11.8 Å². The van der Waals surface area contributed by atoms with Gasteiger partial charge in [0.05, 0.1) is 18.4 Å². The lowest BCUT2D eigenvalue weighted by molar-refractivity contribution is -0.142. The number of amides is 10. The zero-order valence-corrected chi connectivity index (χ0v) is 47.1. The van der Waals surface area contributed by atoms with Crippen molar-refractivity contribution >= 4 is 77.1 Å². The fourth-order valence-corrected chi connectivity index (χ4v) is 10.1. The van der Waals surface area contributed by atoms with Gasteiger partial charge in [0.15, 0.2) is 0 Å². The van der Waals surface area contributed by atoms with Crippen molar-refractivity contribution in [2.75, 3.05) is 37.7 Å². The van der Waals surface area contributed by atoms with E-state index in [1.54, 1.807) is 30.3 Å². The number of aliphatic hydroxyl groups is 1. The Morgan fingerprint density at radius 2 is 1.35 bits per heavy atom. The lowest BCUT2D eigenvalue weighted by Crippen LogP contribution is -2.63. The van der Waals surface area contributed by atoms with Crippen molar-refractivity contribution in [2.24, 2.45) is 23.3 Å². The van der Waals surface area contributed by atoms with Crippen molar-refractivity contribution < 1.29 is 57.8 Å². The number of aldehydes is 1. The molecule has 0 saturated carbocycles. The normalized spacial score (nSPS) is 27.8. The first-order valence-corrected chi connectivity index (χ1v) is 28.3. The summed E-state index contributed by atoms with van der Waals surface area (Å²) >= 11 is 0.906. The first kappa shape index (κ1) is 66.1. The first-order valence-electron chi connectivity index (χ1n) is 27.1. The van der Waals surface area contributed by atoms with Gasteiger partial charge >= 0.3 is 0 Å². The molecule has 10 atom stereocenters. The molecule has 2 aliphatic rings. The van der Waals surface area contributed by atoms with Crippen molar-refractivity contribution in [3.8, 4) is 0 Å². The fourth-order valence-electron chi connectivity index (χ4n) is 9.19. The van der Waals surface area contributed by atoms with Crippen LogP contribution < -0.4 is 59.3 Å². The van der Waals surface area contributed by atoms with Gasteiger partial charge in [-0.15, -0.1) is 11.8 Å². The minimum atomic E-state index is -1.63. The molecule has 0 radical (unpaired) electrons. The maximum Gasteiger partial charge on any atom is 0.245 e. The first-order chi connectivity index (χ1) is 37.0. The predicted molar refractivity (Wildman–Crippen MR) is 293 cm³/mol. The second-order valence-corrected chi connectivity index (χ2v) is 22.2. The van der Waals surface area contributed by atoms with Gasteiger partial charge in [0.2, 0.25) is 59.1 Å². The lowest BCUT2D eigenvalue weighted by Gasteiger charge is -2.34. The SMILES string of the molecule is CCCC[C@@H]1NC(=O)[C@H](CCCCN)NC(=O)[C@H](CC(C)C)NC[C@@](C=O)(CC(C)C)NC(=O)[C@H](C)NC(=O)CSC[C@@H](C(N)=O)NC(=O)[C@H](Cc2ccccc2)NC(=O)[C@H](CO)NC(=O)[C@H](C)NC(=O)[C@@H]2CCCN2C1=O. The van der Waals surface area contributed by atoms with E-state index in [0.29, 0.717) is 50.5 Å². The number of carbonyl (C=O) groups excluding carboxylic acids is 11. The number of primary amides is 1. The zero-order valence-electron chi connectivity index (χ0n) is 46.3. The third-order valence-corrected chi connectivity index (χ3v) is 14.4. The molecule has 2 fully saturated rings. The highest BCUT2D eigenvalue weighted by Gasteiger charge is 2.41. The lowest BCUT2D eigenvalue weighted by atomic mass is 9.88. The summed E-state index contributed by atoms with van der Waals surface area (Å²) in [5.41, 5.74) is 10.5. The van der Waals surface area contributed by atoms with Crippen LogP contribution in [0.4, 0.5) is 0 Å². The van der Waals surface area contributed by atoms with Gasteiger partial charge in [0, 0.05) is 25.3 Å². The van der Waals surface area contributed by atoms with E-state index in [-0.39, 0.29) is 75.0 Å². The molecular weight excluding hydrogens is 1030 g/mol. The van der Waals surface area contributed by atoms with Gasteiger partial charge < -0.3 is 74.1 Å². The van der Waals surface area contributed by atoms with Gasteiger partial charge in [-0.1, -0.05) is 77.8 Å². The number of nitrogens with one attached hydrogen (secondary N) is 9. The predicted octanol–water partition coefficient (Wildman–Crippen LogP) is -1.70. The molecule has 2 aliphatic heterocycles. The van der Waals surface area contributed by atoms with Gasteiger partial charge in [-0.05, 0) is 89.2 Å². The molecule has 1 aromatic carbocycles. The summed E-state index contributed by atoms with van der Waals surface area (Å²) in [5, 5.41) is 34.6. The molecule has 14 N–H and O–H groups in total. The average Bonchev–Trinajstić information content (AvgIpc) is 3.89. The number of benzene rings is 1. The summed E-state index contributed by atoms with van der Waals surface area (Å²) in [6.45, 7) is 11.5. The fraction of sp³-hybridized carbons (Fsp3) is 0.679. The molecule has 25 heteroatoms. The highest BCUT2D eigenvalue weighted by molar-refractivity contribution is 8.00. The molecule has 78 heavy (non-hydrogen) atoms. The maximum absolute atomic E-state index is 14.5. The number of rotatable bonds is 16. The number of nitrogens with two attached hydrogens (primary N) is 2. The zero-order chi connectivity index (χ0) is 58.1. The highest BCUT2D eigenvalue weighted by Crippen LogP contribution is 2.22. The highest BCUT2D eigenvalue weighted by atomic mass is 32.2. The standard InChI is InChI=1S/C53H86N12O12S/c1-8-9-18-37-52(77)65-22-15-20-42(65)51(76)58-33(6)45(70)62-40(26-66)50(75)61-39(24-35-16-11-10-12-17-35)49(74)63-41(44(55)69)27-78-28-43(68)57-34(7)46(71)64-53(30-67,25-32(4)5)29-56-38(23-31(2)3)48(73)59-36(47(72)60-37)19-13-14-21-54/h10-12,16-17,30-34,36-42,56,66H,8-9,13-15,18-29,54H2,1-7H3,(H2,55,69)(H,57,68)(H,58,76)(H,59,73)(H,60,72)(H,61,75)(H,62,70)(H,63,74)(H,64,71)/t33-,34-,36-,37-,38-,39-,40-,41-,42-,53+/m0/s1. The summed E-state index contributed by atoms with van der Waals surface area (Å²) in [6.07, 6.45) is 4.00. The van der Waals surface area contributed by atoms with Gasteiger partial charge in [0.25, 0.3) is 0 Å². The van der Waals surface area contributed by atoms with Crippen LogP contribution in [0.5, 0.6) is 0 Å². The molecule has 0 aliphatic carbocycles. The average molecular weight is 1120 g/mol. The molecule has 0 bridgehead atoms. The van der Waals surface area contributed by atoms with Crippen LogP contribution in [0.3, 0.4) is 0 Å². The smallest absolute Gasteiger partial charge is 0.245 e. The Labute approximate surface area is 462 Å². The van der Waals surface area contributed by atoms with Gasteiger partial charge in [-0.2, -0.15) is 0 Å². The van der Waals surface area contributed by atoms with E-state index >= 15 is 0 Å². The van der Waals surface area contributed by atoms with E-state index in [1.807, 2.05) is 34.6 Å². The number of thioether (sulfide) groups is 1. The van der Waals surface area contributed by atoms with Crippen LogP contribution in [0.15, 0.2) is 30.3 Å². The van der Waals surface area contributed by atoms with Crippen molar-refractivity contribution in [3.05, 3.63) is 35.9 Å². The monoisotopic (exact) mass is 1110 g/mol. The van der Waals surface area contributed by atoms with E-state index in [2.05, 4.69) is 47.9 Å². The van der Waals surface area contributed by atoms with Gasteiger partial charge in [-0.25, -0.2) is 0 Å². The number of aliphatic hydroxyl groups excluding tert-OH is 1. The molecule has 2 saturated heterocycles. The molecule has 10 amide bonds. The van der Waals surface area contributed by atoms with Crippen LogP contribution in [0, 0.1) is 11.8 Å². The van der Waals surface area contributed by atoms with Gasteiger partial charge in [-0.3, -0.25) is 47.9 Å². The van der Waals surface area contributed by atoms with Crippen molar-refractivity contribution in [3.63, 3.8) is 0 Å². The minimum Gasteiger partial charge on any atom is -0.394 e. The second kappa shape index (κ2) is 33.3. The van der Waals surface area contributed by atoms with Crippen molar-refractivity contribution in [2.45, 2.75) is 179 Å².